The average molecular weight is 272 g/mol. The smallest absolute Gasteiger partial charge is 0.338 e. The molecule has 0 aliphatic heterocycles. The number of ether oxygens (including phenoxy) is 1. The van der Waals surface area contributed by atoms with E-state index in [2.05, 4.69) is 0 Å². The maximum Gasteiger partial charge on any atom is 0.338 e. The number of carboxylic acid groups (broad SMARTS) is 1. The van der Waals surface area contributed by atoms with Crippen LogP contribution in [0.5, 0.6) is 0 Å². The third-order valence-corrected chi connectivity index (χ3v) is 3.08. The number of rotatable bonds is 5. The first kappa shape index (κ1) is 14.1. The van der Waals surface area contributed by atoms with Gasteiger partial charge in [0.15, 0.2) is 0 Å². The molecule has 2 aromatic rings. The highest BCUT2D eigenvalue weighted by molar-refractivity contribution is 6.05. The Bertz CT molecular complexity index is 646. The molecule has 4 nitrogen and oxygen atoms in total. The normalized spacial score (nSPS) is 10.4. The minimum Gasteiger partial charge on any atom is -0.478 e. The van der Waals surface area contributed by atoms with Crippen molar-refractivity contribution < 1.29 is 19.4 Å². The SMILES string of the molecule is CCCCOC(=O)c1ccc2c(C(=O)O)cccc2c1. The summed E-state index contributed by atoms with van der Waals surface area (Å²) in [4.78, 5) is 23.0. The minimum absolute atomic E-state index is 0.230. The summed E-state index contributed by atoms with van der Waals surface area (Å²) in [6.07, 6.45) is 1.80. The van der Waals surface area contributed by atoms with Crippen molar-refractivity contribution in [2.45, 2.75) is 19.8 Å². The van der Waals surface area contributed by atoms with Gasteiger partial charge >= 0.3 is 11.9 Å². The molecular weight excluding hydrogens is 256 g/mol. The molecule has 20 heavy (non-hydrogen) atoms. The Balaban J connectivity index is 2.30. The van der Waals surface area contributed by atoms with Crippen LogP contribution >= 0.6 is 0 Å². The Morgan fingerprint density at radius 1 is 1.20 bits per heavy atom. The van der Waals surface area contributed by atoms with Gasteiger partial charge in [-0.3, -0.25) is 0 Å². The number of benzene rings is 2. The van der Waals surface area contributed by atoms with Gasteiger partial charge in [0.2, 0.25) is 0 Å². The molecule has 0 radical (unpaired) electrons. The van der Waals surface area contributed by atoms with E-state index >= 15 is 0 Å². The van der Waals surface area contributed by atoms with E-state index in [0.717, 1.165) is 18.2 Å². The monoisotopic (exact) mass is 272 g/mol. The van der Waals surface area contributed by atoms with Crippen molar-refractivity contribution in [3.05, 3.63) is 47.5 Å². The molecule has 0 saturated carbocycles. The molecule has 0 amide bonds. The molecule has 0 aliphatic carbocycles. The average Bonchev–Trinajstić information content (AvgIpc) is 2.46. The molecule has 0 heterocycles. The van der Waals surface area contributed by atoms with E-state index < -0.39 is 5.97 Å². The molecule has 0 fully saturated rings. The number of fused-ring (bicyclic) bond motifs is 1. The van der Waals surface area contributed by atoms with Gasteiger partial charge in [0, 0.05) is 0 Å². The van der Waals surface area contributed by atoms with Crippen LogP contribution in [0.4, 0.5) is 0 Å². The van der Waals surface area contributed by atoms with Crippen LogP contribution in [0, 0.1) is 0 Å². The highest BCUT2D eigenvalue weighted by Crippen LogP contribution is 2.21. The molecular formula is C16H16O4. The second-order valence-corrected chi connectivity index (χ2v) is 4.54. The topological polar surface area (TPSA) is 63.6 Å². The zero-order chi connectivity index (χ0) is 14.5. The highest BCUT2D eigenvalue weighted by atomic mass is 16.5. The van der Waals surface area contributed by atoms with Gasteiger partial charge in [0.1, 0.15) is 0 Å². The van der Waals surface area contributed by atoms with Crippen molar-refractivity contribution in [2.24, 2.45) is 0 Å². The zero-order valence-corrected chi connectivity index (χ0v) is 11.3. The van der Waals surface area contributed by atoms with E-state index in [9.17, 15) is 9.59 Å². The number of carbonyl (C=O) groups is 2. The molecule has 0 aromatic heterocycles. The van der Waals surface area contributed by atoms with Gasteiger partial charge in [-0.25, -0.2) is 9.59 Å². The van der Waals surface area contributed by atoms with Crippen molar-refractivity contribution >= 4 is 22.7 Å². The molecule has 104 valence electrons. The van der Waals surface area contributed by atoms with Crippen LogP contribution in [0.1, 0.15) is 40.5 Å². The summed E-state index contributed by atoms with van der Waals surface area (Å²) in [5, 5.41) is 10.4. The van der Waals surface area contributed by atoms with E-state index in [1.807, 2.05) is 6.92 Å². The van der Waals surface area contributed by atoms with Crippen LogP contribution in [0.25, 0.3) is 10.8 Å². The molecule has 0 saturated heterocycles. The van der Waals surface area contributed by atoms with E-state index in [0.29, 0.717) is 17.6 Å². The lowest BCUT2D eigenvalue weighted by Crippen LogP contribution is -2.06. The number of aromatic carboxylic acids is 1. The molecule has 0 aliphatic rings. The van der Waals surface area contributed by atoms with E-state index in [4.69, 9.17) is 9.84 Å². The molecule has 0 atom stereocenters. The Morgan fingerprint density at radius 3 is 2.70 bits per heavy atom. The predicted octanol–water partition coefficient (Wildman–Crippen LogP) is 3.49. The predicted molar refractivity (Wildman–Crippen MR) is 76.1 cm³/mol. The summed E-state index contributed by atoms with van der Waals surface area (Å²) in [5.74, 6) is -1.35. The second-order valence-electron chi connectivity index (χ2n) is 4.54. The van der Waals surface area contributed by atoms with Gasteiger partial charge < -0.3 is 9.84 Å². The van der Waals surface area contributed by atoms with Crippen LogP contribution in [0.3, 0.4) is 0 Å². The van der Waals surface area contributed by atoms with Crippen molar-refractivity contribution in [1.29, 1.82) is 0 Å². The summed E-state index contributed by atoms with van der Waals surface area (Å²) in [6.45, 7) is 2.43. The Labute approximate surface area is 117 Å². The summed E-state index contributed by atoms with van der Waals surface area (Å²) in [6, 6.07) is 9.90. The fourth-order valence-corrected chi connectivity index (χ4v) is 1.99. The van der Waals surface area contributed by atoms with Crippen molar-refractivity contribution in [1.82, 2.24) is 0 Å². The molecule has 0 bridgehead atoms. The Hall–Kier alpha value is -2.36. The van der Waals surface area contributed by atoms with Crippen LogP contribution in [-0.4, -0.2) is 23.7 Å². The number of carboxylic acids is 1. The van der Waals surface area contributed by atoms with Gasteiger partial charge in [-0.2, -0.15) is 0 Å². The lowest BCUT2D eigenvalue weighted by atomic mass is 10.0. The number of hydrogen-bond acceptors (Lipinski definition) is 3. The largest absolute Gasteiger partial charge is 0.478 e. The number of hydrogen-bond donors (Lipinski definition) is 1. The van der Waals surface area contributed by atoms with Crippen LogP contribution in [0.2, 0.25) is 0 Å². The number of carbonyl (C=O) groups excluding carboxylic acids is 1. The first-order valence-electron chi connectivity index (χ1n) is 6.56. The van der Waals surface area contributed by atoms with Crippen LogP contribution < -0.4 is 0 Å². The standard InChI is InChI=1S/C16H16O4/c1-2-3-9-20-16(19)12-7-8-13-11(10-12)5-4-6-14(13)15(17)18/h4-8,10H,2-3,9H2,1H3,(H,17,18). The summed E-state index contributed by atoms with van der Waals surface area (Å²) < 4.78 is 5.14. The van der Waals surface area contributed by atoms with Crippen LogP contribution in [0.15, 0.2) is 36.4 Å². The maximum atomic E-state index is 11.8. The number of esters is 1. The lowest BCUT2D eigenvalue weighted by molar-refractivity contribution is 0.0499. The van der Waals surface area contributed by atoms with Crippen LogP contribution in [-0.2, 0) is 4.74 Å². The molecule has 2 aromatic carbocycles. The third kappa shape index (κ3) is 2.96. The zero-order valence-electron chi connectivity index (χ0n) is 11.3. The van der Waals surface area contributed by atoms with Gasteiger partial charge in [-0.1, -0.05) is 31.5 Å². The van der Waals surface area contributed by atoms with Crippen molar-refractivity contribution in [3.63, 3.8) is 0 Å². The highest BCUT2D eigenvalue weighted by Gasteiger charge is 2.11. The van der Waals surface area contributed by atoms with Gasteiger partial charge in [0.05, 0.1) is 17.7 Å². The quantitative estimate of drug-likeness (QED) is 0.668. The Kier molecular flexibility index (Phi) is 4.35. The molecule has 0 spiro atoms. The summed E-state index contributed by atoms with van der Waals surface area (Å²) in [5.41, 5.74) is 0.671. The third-order valence-electron chi connectivity index (χ3n) is 3.08. The van der Waals surface area contributed by atoms with E-state index in [1.54, 1.807) is 36.4 Å². The fraction of sp³-hybridized carbons (Fsp3) is 0.250. The van der Waals surface area contributed by atoms with E-state index in [1.165, 1.54) is 0 Å². The van der Waals surface area contributed by atoms with Crippen molar-refractivity contribution in [2.75, 3.05) is 6.61 Å². The lowest BCUT2D eigenvalue weighted by Gasteiger charge is -2.06. The summed E-state index contributed by atoms with van der Waals surface area (Å²) in [7, 11) is 0. The first-order valence-corrected chi connectivity index (χ1v) is 6.56. The fourth-order valence-electron chi connectivity index (χ4n) is 1.99. The number of unbranched alkanes of at least 4 members (excludes halogenated alkanes) is 1. The molecule has 1 N–H and O–H groups in total. The van der Waals surface area contributed by atoms with Gasteiger partial charge in [-0.05, 0) is 35.4 Å². The van der Waals surface area contributed by atoms with E-state index in [-0.39, 0.29) is 11.5 Å². The Morgan fingerprint density at radius 2 is 2.00 bits per heavy atom. The van der Waals surface area contributed by atoms with Crippen molar-refractivity contribution in [3.8, 4) is 0 Å². The molecule has 2 rings (SSSR count). The summed E-state index contributed by atoms with van der Waals surface area (Å²) >= 11 is 0. The second kappa shape index (κ2) is 6.19. The van der Waals surface area contributed by atoms with Gasteiger partial charge in [-0.15, -0.1) is 0 Å². The molecule has 4 heteroatoms. The molecule has 0 unspecified atom stereocenters. The first-order chi connectivity index (χ1) is 9.63. The maximum absolute atomic E-state index is 11.8. The van der Waals surface area contributed by atoms with Gasteiger partial charge in [0.25, 0.3) is 0 Å². The minimum atomic E-state index is -0.978.